The summed E-state index contributed by atoms with van der Waals surface area (Å²) in [5, 5.41) is 0. The number of hydrogen-bond acceptors (Lipinski definition) is 4. The van der Waals surface area contributed by atoms with E-state index < -0.39 is 0 Å². The third-order valence-electron chi connectivity index (χ3n) is 3.58. The first-order chi connectivity index (χ1) is 8.72. The van der Waals surface area contributed by atoms with Gasteiger partial charge in [-0.15, -0.1) is 0 Å². The number of amidine groups is 1. The van der Waals surface area contributed by atoms with Crippen LogP contribution in [-0.2, 0) is 4.79 Å². The zero-order valence-electron chi connectivity index (χ0n) is 11.2. The maximum atomic E-state index is 10.9. The minimum atomic E-state index is 0.677. The quantitative estimate of drug-likeness (QED) is 0.693. The molecule has 4 nitrogen and oxygen atoms in total. The number of carbonyl (C=O) groups is 1. The van der Waals surface area contributed by atoms with Gasteiger partial charge in [0.1, 0.15) is 5.84 Å². The van der Waals surface area contributed by atoms with Gasteiger partial charge >= 0.3 is 0 Å². The van der Waals surface area contributed by atoms with E-state index in [4.69, 9.17) is 0 Å². The first-order valence-electron chi connectivity index (χ1n) is 6.58. The molecule has 0 spiro atoms. The van der Waals surface area contributed by atoms with Crippen LogP contribution in [0.25, 0.3) is 0 Å². The molecule has 1 fully saturated rings. The molecule has 0 atom stereocenters. The second-order valence-corrected chi connectivity index (χ2v) is 4.92. The number of aldehydes is 1. The van der Waals surface area contributed by atoms with Gasteiger partial charge in [-0.25, -0.2) is 4.99 Å². The predicted molar refractivity (Wildman–Crippen MR) is 73.6 cm³/mol. The summed E-state index contributed by atoms with van der Waals surface area (Å²) in [6.07, 6.45) is 6.39. The van der Waals surface area contributed by atoms with Crippen molar-refractivity contribution < 1.29 is 4.79 Å². The molecule has 18 heavy (non-hydrogen) atoms. The molecule has 0 N–H and O–H groups in total. The highest BCUT2D eigenvalue weighted by molar-refractivity contribution is 5.88. The Kier molecular flexibility index (Phi) is 4.31. The molecule has 0 aliphatic carbocycles. The summed E-state index contributed by atoms with van der Waals surface area (Å²) in [5.41, 5.74) is 1.96. The molecule has 0 unspecified atom stereocenters. The summed E-state index contributed by atoms with van der Waals surface area (Å²) >= 11 is 0. The van der Waals surface area contributed by atoms with Crippen molar-refractivity contribution in [3.8, 4) is 0 Å². The molecule has 0 radical (unpaired) electrons. The van der Waals surface area contributed by atoms with E-state index in [0.717, 1.165) is 51.1 Å². The van der Waals surface area contributed by atoms with E-state index in [1.165, 1.54) is 5.57 Å². The minimum absolute atomic E-state index is 0.677. The van der Waals surface area contributed by atoms with E-state index >= 15 is 0 Å². The molecular weight excluding hydrogens is 226 g/mol. The average Bonchev–Trinajstić information content (AvgIpc) is 2.61. The van der Waals surface area contributed by atoms with Crippen LogP contribution in [0.3, 0.4) is 0 Å². The van der Waals surface area contributed by atoms with Crippen molar-refractivity contribution in [2.24, 2.45) is 4.99 Å². The van der Waals surface area contributed by atoms with E-state index in [9.17, 15) is 4.79 Å². The topological polar surface area (TPSA) is 35.9 Å². The number of aliphatic imine (C=N–C) groups is 1. The molecule has 0 saturated carbocycles. The fourth-order valence-corrected chi connectivity index (χ4v) is 2.27. The van der Waals surface area contributed by atoms with Gasteiger partial charge in [0.2, 0.25) is 0 Å². The van der Waals surface area contributed by atoms with Crippen LogP contribution in [0.4, 0.5) is 0 Å². The number of nitrogens with zero attached hydrogens (tertiary/aromatic N) is 3. The van der Waals surface area contributed by atoms with Gasteiger partial charge in [-0.3, -0.25) is 4.79 Å². The monoisotopic (exact) mass is 247 g/mol. The summed E-state index contributed by atoms with van der Waals surface area (Å²) in [5.74, 6) is 1.10. The van der Waals surface area contributed by atoms with Crippen LogP contribution in [-0.4, -0.2) is 55.1 Å². The number of carbonyl (C=O) groups excluding carboxylic acids is 1. The molecule has 2 aliphatic rings. The van der Waals surface area contributed by atoms with E-state index in [2.05, 4.69) is 28.8 Å². The Balaban J connectivity index is 2.13. The third-order valence-corrected chi connectivity index (χ3v) is 3.58. The Labute approximate surface area is 109 Å². The fourth-order valence-electron chi connectivity index (χ4n) is 2.27. The van der Waals surface area contributed by atoms with Gasteiger partial charge < -0.3 is 9.80 Å². The molecule has 0 aromatic rings. The smallest absolute Gasteiger partial charge is 0.151 e. The lowest BCUT2D eigenvalue weighted by atomic mass is 10.1. The van der Waals surface area contributed by atoms with Crippen molar-refractivity contribution in [1.82, 2.24) is 9.80 Å². The highest BCUT2D eigenvalue weighted by Crippen LogP contribution is 2.17. The zero-order chi connectivity index (χ0) is 13.0. The van der Waals surface area contributed by atoms with E-state index in [1.54, 1.807) is 6.20 Å². The van der Waals surface area contributed by atoms with Gasteiger partial charge in [-0.05, 0) is 13.5 Å². The summed E-state index contributed by atoms with van der Waals surface area (Å²) in [6, 6.07) is 0. The average molecular weight is 247 g/mol. The van der Waals surface area contributed by atoms with Crippen LogP contribution < -0.4 is 0 Å². The highest BCUT2D eigenvalue weighted by Gasteiger charge is 2.19. The normalized spacial score (nSPS) is 21.9. The maximum Gasteiger partial charge on any atom is 0.151 e. The summed E-state index contributed by atoms with van der Waals surface area (Å²) in [4.78, 5) is 20.1. The van der Waals surface area contributed by atoms with Crippen molar-refractivity contribution in [2.75, 3.05) is 33.2 Å². The Hall–Kier alpha value is -1.42. The zero-order valence-corrected chi connectivity index (χ0v) is 11.2. The largest absolute Gasteiger partial charge is 0.357 e. The Morgan fingerprint density at radius 1 is 1.33 bits per heavy atom. The molecule has 2 aliphatic heterocycles. The van der Waals surface area contributed by atoms with Gasteiger partial charge in [-0.1, -0.05) is 18.6 Å². The molecular formula is C14H21N3O. The molecule has 0 bridgehead atoms. The van der Waals surface area contributed by atoms with Gasteiger partial charge in [0, 0.05) is 44.4 Å². The molecule has 98 valence electrons. The Morgan fingerprint density at radius 3 is 2.67 bits per heavy atom. The van der Waals surface area contributed by atoms with Crippen molar-refractivity contribution in [2.45, 2.75) is 19.8 Å². The standard InChI is InChI=1S/C14H21N3O/c1-3-12-8-13(11-18)10-15-14(9-12)17-6-4-16(2)5-7-17/h8,10-11H,3-7,9H2,1-2H3. The van der Waals surface area contributed by atoms with Gasteiger partial charge in [0.25, 0.3) is 0 Å². The molecule has 1 saturated heterocycles. The number of rotatable bonds is 2. The van der Waals surface area contributed by atoms with Gasteiger partial charge in [0.05, 0.1) is 0 Å². The van der Waals surface area contributed by atoms with Crippen LogP contribution in [0.1, 0.15) is 19.8 Å². The van der Waals surface area contributed by atoms with Crippen LogP contribution in [0.2, 0.25) is 0 Å². The summed E-state index contributed by atoms with van der Waals surface area (Å²) < 4.78 is 0. The second-order valence-electron chi connectivity index (χ2n) is 4.92. The second kappa shape index (κ2) is 5.96. The van der Waals surface area contributed by atoms with Crippen LogP contribution in [0.15, 0.2) is 28.4 Å². The first-order valence-corrected chi connectivity index (χ1v) is 6.58. The summed E-state index contributed by atoms with van der Waals surface area (Å²) in [7, 11) is 2.15. The van der Waals surface area contributed by atoms with E-state index in [-0.39, 0.29) is 0 Å². The predicted octanol–water partition coefficient (Wildman–Crippen LogP) is 1.46. The fraction of sp³-hybridized carbons (Fsp3) is 0.571. The molecule has 0 aromatic heterocycles. The molecule has 2 heterocycles. The summed E-state index contributed by atoms with van der Waals surface area (Å²) in [6.45, 7) is 6.33. The van der Waals surface area contributed by atoms with Gasteiger partial charge in [-0.2, -0.15) is 0 Å². The lowest BCUT2D eigenvalue weighted by Crippen LogP contribution is -2.47. The Morgan fingerprint density at radius 2 is 2.06 bits per heavy atom. The van der Waals surface area contributed by atoms with Crippen LogP contribution >= 0.6 is 0 Å². The van der Waals surface area contributed by atoms with Crippen molar-refractivity contribution in [3.63, 3.8) is 0 Å². The Bertz CT molecular complexity index is 401. The number of allylic oxidation sites excluding steroid dienone is 2. The van der Waals surface area contributed by atoms with E-state index in [0.29, 0.717) is 5.57 Å². The molecule has 2 rings (SSSR count). The van der Waals surface area contributed by atoms with Crippen molar-refractivity contribution in [1.29, 1.82) is 0 Å². The van der Waals surface area contributed by atoms with Crippen LogP contribution in [0, 0.1) is 0 Å². The number of piperazine rings is 1. The third kappa shape index (κ3) is 3.07. The van der Waals surface area contributed by atoms with Gasteiger partial charge in [0.15, 0.2) is 6.29 Å². The molecule has 4 heteroatoms. The number of likely N-dealkylation sites (N-methyl/N-ethyl adjacent to an activating group) is 1. The SMILES string of the molecule is CCC1=CC(C=O)=CN=C(N2CCN(C)CC2)C1. The maximum absolute atomic E-state index is 10.9. The first kappa shape index (κ1) is 13.0. The van der Waals surface area contributed by atoms with Crippen molar-refractivity contribution >= 4 is 12.1 Å². The lowest BCUT2D eigenvalue weighted by molar-refractivity contribution is -0.104. The number of hydrogen-bond donors (Lipinski definition) is 0. The van der Waals surface area contributed by atoms with Crippen LogP contribution in [0.5, 0.6) is 0 Å². The minimum Gasteiger partial charge on any atom is -0.357 e. The van der Waals surface area contributed by atoms with E-state index in [1.807, 2.05) is 6.08 Å². The highest BCUT2D eigenvalue weighted by atomic mass is 16.1. The molecule has 0 amide bonds. The lowest BCUT2D eigenvalue weighted by Gasteiger charge is -2.34. The van der Waals surface area contributed by atoms with Crippen molar-refractivity contribution in [3.05, 3.63) is 23.4 Å². The molecule has 0 aromatic carbocycles.